The summed E-state index contributed by atoms with van der Waals surface area (Å²) in [5.74, 6) is -4.79. The van der Waals surface area contributed by atoms with Gasteiger partial charge in [-0.05, 0) is 6.92 Å². The Kier molecular flexibility index (Phi) is 5.11. The van der Waals surface area contributed by atoms with Crippen LogP contribution in [0.5, 0.6) is 0 Å². The molecular weight excluding hydrogens is 401 g/mol. The van der Waals surface area contributed by atoms with E-state index in [4.69, 9.17) is 0 Å². The molecule has 1 saturated heterocycles. The first-order chi connectivity index (χ1) is 13.5. The van der Waals surface area contributed by atoms with Crippen LogP contribution in [0.15, 0.2) is 6.20 Å². The van der Waals surface area contributed by atoms with Gasteiger partial charge in [0, 0.05) is 19.0 Å². The lowest BCUT2D eigenvalue weighted by Crippen LogP contribution is -2.50. The number of carbonyl (C=O) groups excluding carboxylic acids is 4. The number of anilines is 1. The summed E-state index contributed by atoms with van der Waals surface area (Å²) < 4.78 is 38.1. The summed E-state index contributed by atoms with van der Waals surface area (Å²) in [6, 6.07) is -0.384. The Morgan fingerprint density at radius 3 is 2.55 bits per heavy atom. The molecule has 1 unspecified atom stereocenters. The molecule has 0 spiro atoms. The third-order valence-electron chi connectivity index (χ3n) is 4.79. The molecule has 2 aliphatic rings. The van der Waals surface area contributed by atoms with E-state index in [2.05, 4.69) is 5.10 Å². The predicted octanol–water partition coefficient (Wildman–Crippen LogP) is -1.51. The number of rotatable bonds is 2. The van der Waals surface area contributed by atoms with Gasteiger partial charge < -0.3 is 19.7 Å². The van der Waals surface area contributed by atoms with E-state index in [-0.39, 0.29) is 32.1 Å². The number of aromatic nitrogens is 2. The molecule has 2 aliphatic heterocycles. The summed E-state index contributed by atoms with van der Waals surface area (Å²) in [5, 5.41) is 15.4. The maximum atomic E-state index is 12.3. The molecule has 11 nitrogen and oxygen atoms in total. The molecule has 0 aliphatic carbocycles. The minimum absolute atomic E-state index is 0.0683. The number of nitrogens with zero attached hydrogens (tertiary/aromatic N) is 4. The van der Waals surface area contributed by atoms with Gasteiger partial charge in [-0.3, -0.25) is 29.9 Å². The number of carboxylic acid groups (broad SMARTS) is 1. The van der Waals surface area contributed by atoms with Crippen molar-refractivity contribution in [3.05, 3.63) is 11.9 Å². The SMILES string of the molecule is C[C@H]1Cn2ncc(N3CC(C(=O)NNC(=O)C(F)(F)F)CC3=O)c2CN1C(=O)[O-]. The highest BCUT2D eigenvalue weighted by Crippen LogP contribution is 2.31. The second-order valence-electron chi connectivity index (χ2n) is 6.75. The van der Waals surface area contributed by atoms with Gasteiger partial charge in [0.15, 0.2) is 0 Å². The van der Waals surface area contributed by atoms with Crippen molar-refractivity contribution in [3.63, 3.8) is 0 Å². The predicted molar refractivity (Wildman–Crippen MR) is 85.4 cm³/mol. The molecule has 4 amide bonds. The van der Waals surface area contributed by atoms with Crippen LogP contribution >= 0.6 is 0 Å². The first-order valence-electron chi connectivity index (χ1n) is 8.48. The molecule has 0 saturated carbocycles. The van der Waals surface area contributed by atoms with Gasteiger partial charge in [-0.1, -0.05) is 0 Å². The standard InChI is InChI=1S/C15H17F3N6O5/c1-7-4-24-10(6-22(7)14(28)29)9(3-19-24)23-5-8(2-11(23)25)12(26)20-21-13(27)15(16,17)18/h3,7-8H,2,4-6H2,1H3,(H,20,26)(H,21,27)(H,28,29)/p-1/t7-,8?/m0/s1. The highest BCUT2D eigenvalue weighted by molar-refractivity contribution is 6.01. The van der Waals surface area contributed by atoms with E-state index in [1.165, 1.54) is 16.5 Å². The number of nitrogens with one attached hydrogen (secondary N) is 2. The van der Waals surface area contributed by atoms with Crippen molar-refractivity contribution in [2.75, 3.05) is 11.4 Å². The van der Waals surface area contributed by atoms with Crippen molar-refractivity contribution in [2.45, 2.75) is 38.7 Å². The molecule has 0 bridgehead atoms. The Bertz CT molecular complexity index is 869. The van der Waals surface area contributed by atoms with Gasteiger partial charge in [-0.2, -0.15) is 18.3 Å². The maximum Gasteiger partial charge on any atom is 0.472 e. The average Bonchev–Trinajstić information content (AvgIpc) is 3.20. The molecule has 1 aromatic heterocycles. The summed E-state index contributed by atoms with van der Waals surface area (Å²) in [6.45, 7) is 1.70. The number of alkyl halides is 3. The fourth-order valence-electron chi connectivity index (χ4n) is 3.26. The normalized spacial score (nSPS) is 21.7. The van der Waals surface area contributed by atoms with Crippen molar-refractivity contribution in [3.8, 4) is 0 Å². The minimum atomic E-state index is -5.16. The summed E-state index contributed by atoms with van der Waals surface area (Å²) >= 11 is 0. The van der Waals surface area contributed by atoms with Crippen molar-refractivity contribution in [1.82, 2.24) is 25.5 Å². The van der Waals surface area contributed by atoms with E-state index < -0.39 is 35.9 Å². The second-order valence-corrected chi connectivity index (χ2v) is 6.75. The Hall–Kier alpha value is -3.32. The number of hydrogen-bond donors (Lipinski definition) is 2. The summed E-state index contributed by atoms with van der Waals surface area (Å²) in [5.41, 5.74) is 3.65. The van der Waals surface area contributed by atoms with Gasteiger partial charge in [-0.25, -0.2) is 0 Å². The fraction of sp³-hybridized carbons (Fsp3) is 0.533. The number of hydrazine groups is 1. The maximum absolute atomic E-state index is 12.3. The molecule has 1 fully saturated rings. The highest BCUT2D eigenvalue weighted by Gasteiger charge is 2.41. The van der Waals surface area contributed by atoms with Crippen molar-refractivity contribution in [2.24, 2.45) is 5.92 Å². The van der Waals surface area contributed by atoms with Crippen LogP contribution in [0.3, 0.4) is 0 Å². The van der Waals surface area contributed by atoms with Crippen molar-refractivity contribution >= 4 is 29.5 Å². The monoisotopic (exact) mass is 417 g/mol. The molecule has 14 heteroatoms. The van der Waals surface area contributed by atoms with Crippen LogP contribution in [0.1, 0.15) is 19.0 Å². The van der Waals surface area contributed by atoms with E-state index in [1.54, 1.807) is 17.0 Å². The Morgan fingerprint density at radius 1 is 1.24 bits per heavy atom. The van der Waals surface area contributed by atoms with Gasteiger partial charge in [0.25, 0.3) is 0 Å². The second kappa shape index (κ2) is 7.25. The lowest BCUT2D eigenvalue weighted by atomic mass is 10.1. The van der Waals surface area contributed by atoms with Gasteiger partial charge in [-0.15, -0.1) is 0 Å². The van der Waals surface area contributed by atoms with Crippen LogP contribution in [0, 0.1) is 5.92 Å². The molecule has 0 radical (unpaired) electrons. The van der Waals surface area contributed by atoms with Crippen LogP contribution in [-0.4, -0.2) is 57.3 Å². The van der Waals surface area contributed by atoms with Crippen LogP contribution < -0.4 is 20.9 Å². The highest BCUT2D eigenvalue weighted by atomic mass is 19.4. The Labute approximate surface area is 161 Å². The van der Waals surface area contributed by atoms with Crippen LogP contribution in [-0.2, 0) is 27.5 Å². The fourth-order valence-corrected chi connectivity index (χ4v) is 3.26. The minimum Gasteiger partial charge on any atom is -0.530 e. The third-order valence-corrected chi connectivity index (χ3v) is 4.79. The first-order valence-corrected chi connectivity index (χ1v) is 8.48. The number of hydrogen-bond acceptors (Lipinski definition) is 6. The molecule has 3 heterocycles. The number of fused-ring (bicyclic) bond motifs is 1. The molecule has 29 heavy (non-hydrogen) atoms. The van der Waals surface area contributed by atoms with Crippen LogP contribution in [0.25, 0.3) is 0 Å². The zero-order chi connectivity index (χ0) is 21.5. The third kappa shape index (κ3) is 3.95. The molecule has 0 aromatic carbocycles. The molecule has 2 atom stereocenters. The Balaban J connectivity index is 1.70. The van der Waals surface area contributed by atoms with E-state index >= 15 is 0 Å². The van der Waals surface area contributed by atoms with Crippen molar-refractivity contribution in [1.29, 1.82) is 0 Å². The molecule has 3 rings (SSSR count). The van der Waals surface area contributed by atoms with Crippen LogP contribution in [0.4, 0.5) is 23.7 Å². The quantitative estimate of drug-likeness (QED) is 0.561. The van der Waals surface area contributed by atoms with Gasteiger partial charge in [0.2, 0.25) is 11.8 Å². The first kappa shape index (κ1) is 20.4. The summed E-state index contributed by atoms with van der Waals surface area (Å²) in [7, 11) is 0. The van der Waals surface area contributed by atoms with E-state index in [0.29, 0.717) is 11.4 Å². The van der Waals surface area contributed by atoms with E-state index in [0.717, 1.165) is 4.90 Å². The largest absolute Gasteiger partial charge is 0.530 e. The van der Waals surface area contributed by atoms with Gasteiger partial charge in [0.1, 0.15) is 6.09 Å². The number of halogens is 3. The molecule has 158 valence electrons. The van der Waals surface area contributed by atoms with Gasteiger partial charge in [0.05, 0.1) is 36.6 Å². The number of amides is 4. The lowest BCUT2D eigenvalue weighted by Gasteiger charge is -2.36. The van der Waals surface area contributed by atoms with Crippen molar-refractivity contribution < 1.29 is 37.5 Å². The topological polar surface area (TPSA) is 140 Å². The smallest absolute Gasteiger partial charge is 0.472 e. The van der Waals surface area contributed by atoms with E-state index in [9.17, 15) is 37.5 Å². The summed E-state index contributed by atoms with van der Waals surface area (Å²) in [4.78, 5) is 48.7. The summed E-state index contributed by atoms with van der Waals surface area (Å²) in [6.07, 6.45) is -5.46. The van der Waals surface area contributed by atoms with Gasteiger partial charge >= 0.3 is 12.1 Å². The van der Waals surface area contributed by atoms with E-state index in [1.807, 2.05) is 0 Å². The lowest BCUT2D eigenvalue weighted by molar-refractivity contribution is -0.269. The van der Waals surface area contributed by atoms with Crippen LogP contribution in [0.2, 0.25) is 0 Å². The zero-order valence-electron chi connectivity index (χ0n) is 15.0. The average molecular weight is 417 g/mol. The zero-order valence-corrected chi connectivity index (χ0v) is 15.0. The number of carbonyl (C=O) groups is 4. The molecule has 2 N–H and O–H groups in total. The Morgan fingerprint density at radius 2 is 1.93 bits per heavy atom. The molecule has 1 aromatic rings. The molecular formula is C15H16F3N6O5-.